The molecule has 0 spiro atoms. The van der Waals surface area contributed by atoms with Crippen molar-refractivity contribution in [2.75, 3.05) is 44.2 Å². The van der Waals surface area contributed by atoms with Gasteiger partial charge in [-0.05, 0) is 36.1 Å². The van der Waals surface area contributed by atoms with Gasteiger partial charge in [0.1, 0.15) is 11.9 Å². The van der Waals surface area contributed by atoms with Crippen LogP contribution in [0, 0.1) is 0 Å². The number of anilines is 1. The molecule has 1 aromatic heterocycles. The average Bonchev–Trinajstić information content (AvgIpc) is 3.56. The molecule has 3 aromatic rings. The minimum atomic E-state index is -0.129. The topological polar surface area (TPSA) is 52.6 Å². The zero-order valence-electron chi connectivity index (χ0n) is 19.7. The molecule has 2 aromatic carbocycles. The van der Waals surface area contributed by atoms with Gasteiger partial charge in [-0.15, -0.1) is 0 Å². The number of hydrogen-bond donors (Lipinski definition) is 0. The standard InChI is InChI=1S/C27H30ClN5OS/c28-23-12-10-22(11-13-23)20-25-29-27(35-30-25)33-15-5-9-24(33)26(34)32-18-16-31(17-19-32)14-4-8-21-6-2-1-3-7-21/h1-4,6-8,10-13,24H,5,9,14-20H2. The number of carbonyl (C=O) groups is 1. The van der Waals surface area contributed by atoms with E-state index in [0.29, 0.717) is 6.42 Å². The van der Waals surface area contributed by atoms with Crippen LogP contribution in [0.3, 0.4) is 0 Å². The fourth-order valence-electron chi connectivity index (χ4n) is 4.73. The smallest absolute Gasteiger partial charge is 0.245 e. The lowest BCUT2D eigenvalue weighted by Crippen LogP contribution is -2.53. The number of carbonyl (C=O) groups excluding carboxylic acids is 1. The van der Waals surface area contributed by atoms with Gasteiger partial charge < -0.3 is 9.80 Å². The van der Waals surface area contributed by atoms with Gasteiger partial charge in [-0.2, -0.15) is 4.37 Å². The van der Waals surface area contributed by atoms with E-state index in [-0.39, 0.29) is 11.9 Å². The molecule has 2 aliphatic rings. The molecule has 182 valence electrons. The third-order valence-corrected chi connectivity index (χ3v) is 7.72. The van der Waals surface area contributed by atoms with Crippen LogP contribution in [0.1, 0.15) is 29.8 Å². The molecule has 0 bridgehead atoms. The van der Waals surface area contributed by atoms with Crippen LogP contribution in [-0.2, 0) is 11.2 Å². The molecule has 35 heavy (non-hydrogen) atoms. The first-order valence-corrected chi connectivity index (χ1v) is 13.4. The van der Waals surface area contributed by atoms with Crippen molar-refractivity contribution in [2.24, 2.45) is 0 Å². The molecule has 2 aliphatic heterocycles. The lowest BCUT2D eigenvalue weighted by Gasteiger charge is -2.36. The van der Waals surface area contributed by atoms with Crippen molar-refractivity contribution in [1.29, 1.82) is 0 Å². The maximum Gasteiger partial charge on any atom is 0.245 e. The predicted octanol–water partition coefficient (Wildman–Crippen LogP) is 4.61. The molecule has 3 heterocycles. The van der Waals surface area contributed by atoms with E-state index in [9.17, 15) is 4.79 Å². The molecule has 0 saturated carbocycles. The molecular weight excluding hydrogens is 478 g/mol. The van der Waals surface area contributed by atoms with Crippen molar-refractivity contribution < 1.29 is 4.79 Å². The van der Waals surface area contributed by atoms with Crippen molar-refractivity contribution in [1.82, 2.24) is 19.2 Å². The highest BCUT2D eigenvalue weighted by atomic mass is 35.5. The van der Waals surface area contributed by atoms with Gasteiger partial charge in [0.25, 0.3) is 0 Å². The Morgan fingerprint density at radius 2 is 1.80 bits per heavy atom. The second kappa shape index (κ2) is 11.3. The highest BCUT2D eigenvalue weighted by molar-refractivity contribution is 7.09. The summed E-state index contributed by atoms with van der Waals surface area (Å²) in [6, 6.07) is 18.0. The Morgan fingerprint density at radius 1 is 1.03 bits per heavy atom. The first kappa shape index (κ1) is 24.0. The van der Waals surface area contributed by atoms with E-state index in [1.165, 1.54) is 17.1 Å². The zero-order valence-corrected chi connectivity index (χ0v) is 21.3. The summed E-state index contributed by atoms with van der Waals surface area (Å²) in [7, 11) is 0. The third kappa shape index (κ3) is 6.10. The molecular formula is C27H30ClN5OS. The van der Waals surface area contributed by atoms with Crippen molar-refractivity contribution >= 4 is 40.2 Å². The number of aromatic nitrogens is 2. The van der Waals surface area contributed by atoms with Gasteiger partial charge in [0.05, 0.1) is 0 Å². The van der Waals surface area contributed by atoms with Crippen LogP contribution in [0.15, 0.2) is 60.7 Å². The van der Waals surface area contributed by atoms with Crippen LogP contribution in [0.4, 0.5) is 5.13 Å². The Kier molecular flexibility index (Phi) is 7.76. The van der Waals surface area contributed by atoms with Crippen LogP contribution in [-0.4, -0.2) is 70.4 Å². The third-order valence-electron chi connectivity index (χ3n) is 6.67. The van der Waals surface area contributed by atoms with E-state index in [1.54, 1.807) is 0 Å². The Morgan fingerprint density at radius 3 is 2.57 bits per heavy atom. The molecule has 5 rings (SSSR count). The molecule has 1 atom stereocenters. The predicted molar refractivity (Wildman–Crippen MR) is 143 cm³/mol. The quantitative estimate of drug-likeness (QED) is 0.467. The summed E-state index contributed by atoms with van der Waals surface area (Å²) < 4.78 is 4.56. The van der Waals surface area contributed by atoms with E-state index in [0.717, 1.165) is 73.7 Å². The molecule has 1 unspecified atom stereocenters. The first-order valence-electron chi connectivity index (χ1n) is 12.2. The van der Waals surface area contributed by atoms with Gasteiger partial charge in [0.15, 0.2) is 0 Å². The summed E-state index contributed by atoms with van der Waals surface area (Å²) in [6.45, 7) is 5.13. The van der Waals surface area contributed by atoms with Crippen LogP contribution in [0.2, 0.25) is 5.02 Å². The molecule has 6 nitrogen and oxygen atoms in total. The van der Waals surface area contributed by atoms with E-state index in [4.69, 9.17) is 16.6 Å². The maximum absolute atomic E-state index is 13.4. The number of rotatable bonds is 7. The maximum atomic E-state index is 13.4. The zero-order chi connectivity index (χ0) is 24.0. The van der Waals surface area contributed by atoms with E-state index >= 15 is 0 Å². The lowest BCUT2D eigenvalue weighted by molar-refractivity contribution is -0.134. The second-order valence-electron chi connectivity index (χ2n) is 9.09. The van der Waals surface area contributed by atoms with Gasteiger partial charge in [0, 0.05) is 62.2 Å². The van der Waals surface area contributed by atoms with Gasteiger partial charge in [-0.1, -0.05) is 66.2 Å². The van der Waals surface area contributed by atoms with Crippen molar-refractivity contribution in [2.45, 2.75) is 25.3 Å². The number of piperazine rings is 1. The van der Waals surface area contributed by atoms with Crippen molar-refractivity contribution in [3.63, 3.8) is 0 Å². The Hall–Kier alpha value is -2.74. The van der Waals surface area contributed by atoms with Gasteiger partial charge in [0.2, 0.25) is 11.0 Å². The molecule has 0 N–H and O–H groups in total. The van der Waals surface area contributed by atoms with Gasteiger partial charge in [-0.3, -0.25) is 9.69 Å². The summed E-state index contributed by atoms with van der Waals surface area (Å²) in [5.41, 5.74) is 2.35. The summed E-state index contributed by atoms with van der Waals surface area (Å²) in [6.07, 6.45) is 6.93. The average molecular weight is 508 g/mol. The lowest BCUT2D eigenvalue weighted by atomic mass is 10.1. The Balaban J connectivity index is 1.14. The summed E-state index contributed by atoms with van der Waals surface area (Å²) in [5.74, 6) is 1.03. The SMILES string of the molecule is O=C(C1CCCN1c1nc(Cc2ccc(Cl)cc2)ns1)N1CCN(CC=Cc2ccccc2)CC1. The normalized spacial score (nSPS) is 19.1. The first-order chi connectivity index (χ1) is 17.2. The fourth-order valence-corrected chi connectivity index (χ4v) is 5.62. The second-order valence-corrected chi connectivity index (χ2v) is 10.3. The van der Waals surface area contributed by atoms with Gasteiger partial charge in [-0.25, -0.2) is 4.98 Å². The fraction of sp³-hybridized carbons (Fsp3) is 0.370. The van der Waals surface area contributed by atoms with Gasteiger partial charge >= 0.3 is 0 Å². The number of hydrogen-bond acceptors (Lipinski definition) is 6. The van der Waals surface area contributed by atoms with Crippen LogP contribution in [0.5, 0.6) is 0 Å². The minimum absolute atomic E-state index is 0.129. The van der Waals surface area contributed by atoms with E-state index in [1.807, 2.05) is 35.2 Å². The molecule has 8 heteroatoms. The molecule has 0 aliphatic carbocycles. The van der Waals surface area contributed by atoms with Crippen LogP contribution < -0.4 is 4.90 Å². The van der Waals surface area contributed by atoms with Crippen molar-refractivity contribution in [3.05, 3.63) is 82.6 Å². The minimum Gasteiger partial charge on any atom is -0.338 e. The van der Waals surface area contributed by atoms with Crippen LogP contribution in [0.25, 0.3) is 6.08 Å². The Bertz CT molecular complexity index is 1140. The number of halogens is 1. The molecule has 1 amide bonds. The molecule has 2 saturated heterocycles. The number of nitrogens with zero attached hydrogens (tertiary/aromatic N) is 5. The monoisotopic (exact) mass is 507 g/mol. The molecule has 0 radical (unpaired) electrons. The van der Waals surface area contributed by atoms with Crippen molar-refractivity contribution in [3.8, 4) is 0 Å². The van der Waals surface area contributed by atoms with Crippen LogP contribution >= 0.6 is 23.1 Å². The Labute approximate surface area is 216 Å². The van der Waals surface area contributed by atoms with E-state index < -0.39 is 0 Å². The number of amides is 1. The highest BCUT2D eigenvalue weighted by Crippen LogP contribution is 2.29. The number of benzene rings is 2. The van der Waals surface area contributed by atoms with E-state index in [2.05, 4.69) is 50.6 Å². The molecule has 2 fully saturated rings. The highest BCUT2D eigenvalue weighted by Gasteiger charge is 2.36. The summed E-state index contributed by atoms with van der Waals surface area (Å²) in [5, 5.41) is 1.58. The summed E-state index contributed by atoms with van der Waals surface area (Å²) in [4.78, 5) is 24.8. The largest absolute Gasteiger partial charge is 0.338 e. The summed E-state index contributed by atoms with van der Waals surface area (Å²) >= 11 is 7.39.